The number of hydrogen-bond donors (Lipinski definition) is 2. The first-order chi connectivity index (χ1) is 9.60. The summed E-state index contributed by atoms with van der Waals surface area (Å²) in [6, 6.07) is 7.51. The van der Waals surface area contributed by atoms with Crippen LogP contribution in [0.25, 0.3) is 0 Å². The predicted molar refractivity (Wildman–Crippen MR) is 71.8 cm³/mol. The van der Waals surface area contributed by atoms with Crippen molar-refractivity contribution in [2.75, 3.05) is 0 Å². The Morgan fingerprint density at radius 3 is 2.65 bits per heavy atom. The Labute approximate surface area is 117 Å². The van der Waals surface area contributed by atoms with E-state index in [4.69, 9.17) is 10.9 Å². The van der Waals surface area contributed by atoms with Gasteiger partial charge in [-0.15, -0.1) is 0 Å². The smallest absolute Gasteiger partial charge is 0.269 e. The third-order valence-electron chi connectivity index (χ3n) is 2.26. The first-order valence-electron chi connectivity index (χ1n) is 5.33. The summed E-state index contributed by atoms with van der Waals surface area (Å²) in [5.41, 5.74) is 5.75. The van der Waals surface area contributed by atoms with E-state index < -0.39 is 4.92 Å². The molecule has 20 heavy (non-hydrogen) atoms. The first-order valence-corrected chi connectivity index (χ1v) is 6.15. The van der Waals surface area contributed by atoms with Crippen LogP contribution in [0.1, 0.15) is 5.69 Å². The van der Waals surface area contributed by atoms with Crippen LogP contribution in [-0.4, -0.2) is 25.9 Å². The fourth-order valence-corrected chi connectivity index (χ4v) is 2.07. The van der Waals surface area contributed by atoms with E-state index >= 15 is 0 Å². The lowest BCUT2D eigenvalue weighted by atomic mass is 10.3. The lowest BCUT2D eigenvalue weighted by molar-refractivity contribution is -0.384. The van der Waals surface area contributed by atoms with Crippen LogP contribution in [0.4, 0.5) is 5.69 Å². The molecular formula is C11H9N5O3S. The van der Waals surface area contributed by atoms with E-state index in [0.717, 1.165) is 4.90 Å². The third-order valence-corrected chi connectivity index (χ3v) is 3.15. The summed E-state index contributed by atoms with van der Waals surface area (Å²) < 4.78 is 0. The Morgan fingerprint density at radius 1 is 1.35 bits per heavy atom. The van der Waals surface area contributed by atoms with Crippen LogP contribution in [0.15, 0.2) is 51.7 Å². The molecule has 2 aromatic rings. The fourth-order valence-electron chi connectivity index (χ4n) is 1.33. The maximum absolute atomic E-state index is 10.5. The van der Waals surface area contributed by atoms with Gasteiger partial charge in [0.1, 0.15) is 5.69 Å². The highest BCUT2D eigenvalue weighted by atomic mass is 32.2. The van der Waals surface area contributed by atoms with Gasteiger partial charge in [-0.1, -0.05) is 5.16 Å². The van der Waals surface area contributed by atoms with Gasteiger partial charge in [0.15, 0.2) is 11.0 Å². The maximum atomic E-state index is 10.5. The van der Waals surface area contributed by atoms with Gasteiger partial charge in [0.05, 0.1) is 4.92 Å². The molecule has 8 nitrogen and oxygen atoms in total. The number of benzene rings is 1. The Hall–Kier alpha value is -2.68. The van der Waals surface area contributed by atoms with Crippen LogP contribution in [-0.2, 0) is 0 Å². The number of non-ortho nitro benzene ring substituents is 1. The molecule has 0 fully saturated rings. The van der Waals surface area contributed by atoms with E-state index in [1.165, 1.54) is 36.2 Å². The standard InChI is InChI=1S/C11H9N5O3S/c12-10(15-17)9-5-6-13-11(14-9)20-8-3-1-7(2-4-8)16(18)19/h1-6,17H,(H2,12,15). The number of nitro groups is 1. The average Bonchev–Trinajstić information content (AvgIpc) is 2.47. The second kappa shape index (κ2) is 5.97. The van der Waals surface area contributed by atoms with Crippen LogP contribution in [0, 0.1) is 10.1 Å². The van der Waals surface area contributed by atoms with Gasteiger partial charge in [-0.3, -0.25) is 10.1 Å². The molecule has 0 aliphatic rings. The van der Waals surface area contributed by atoms with Crippen molar-refractivity contribution >= 4 is 23.3 Å². The van der Waals surface area contributed by atoms with E-state index in [9.17, 15) is 10.1 Å². The summed E-state index contributed by atoms with van der Waals surface area (Å²) >= 11 is 1.21. The molecule has 1 aromatic heterocycles. The Balaban J connectivity index is 2.19. The minimum absolute atomic E-state index is 0.0145. The van der Waals surface area contributed by atoms with Crippen molar-refractivity contribution in [3.63, 3.8) is 0 Å². The number of nitrogens with two attached hydrogens (primary N) is 1. The molecule has 1 aromatic carbocycles. The minimum Gasteiger partial charge on any atom is -0.409 e. The number of amidine groups is 1. The summed E-state index contributed by atoms with van der Waals surface area (Å²) in [6.07, 6.45) is 1.48. The van der Waals surface area contributed by atoms with Crippen LogP contribution in [0.3, 0.4) is 0 Å². The van der Waals surface area contributed by atoms with Crippen molar-refractivity contribution in [1.82, 2.24) is 9.97 Å². The van der Waals surface area contributed by atoms with Crippen LogP contribution >= 0.6 is 11.8 Å². The second-order valence-corrected chi connectivity index (χ2v) is 4.60. The molecule has 0 bridgehead atoms. The maximum Gasteiger partial charge on any atom is 0.269 e. The first kappa shape index (κ1) is 13.7. The van der Waals surface area contributed by atoms with Gasteiger partial charge in [0.25, 0.3) is 5.69 Å². The zero-order valence-corrected chi connectivity index (χ0v) is 10.8. The number of hydrogen-bond acceptors (Lipinski definition) is 7. The number of nitro benzene ring substituents is 1. The number of rotatable bonds is 4. The highest BCUT2D eigenvalue weighted by Crippen LogP contribution is 2.26. The Morgan fingerprint density at radius 2 is 2.05 bits per heavy atom. The summed E-state index contributed by atoms with van der Waals surface area (Å²) in [4.78, 5) is 19.0. The second-order valence-electron chi connectivity index (χ2n) is 3.56. The van der Waals surface area contributed by atoms with E-state index in [2.05, 4.69) is 15.1 Å². The van der Waals surface area contributed by atoms with Crippen LogP contribution in [0.2, 0.25) is 0 Å². The lowest BCUT2D eigenvalue weighted by Crippen LogP contribution is -2.15. The highest BCUT2D eigenvalue weighted by molar-refractivity contribution is 7.99. The van der Waals surface area contributed by atoms with E-state index in [1.807, 2.05) is 0 Å². The third kappa shape index (κ3) is 3.20. The molecule has 1 heterocycles. The number of oxime groups is 1. The minimum atomic E-state index is -0.468. The molecule has 0 saturated carbocycles. The molecule has 0 aliphatic carbocycles. The Kier molecular flexibility index (Phi) is 4.11. The van der Waals surface area contributed by atoms with Gasteiger partial charge in [-0.2, -0.15) is 0 Å². The van der Waals surface area contributed by atoms with Gasteiger partial charge >= 0.3 is 0 Å². The molecule has 102 valence electrons. The van der Waals surface area contributed by atoms with Crippen LogP contribution < -0.4 is 5.73 Å². The normalized spacial score (nSPS) is 11.3. The Bertz CT molecular complexity index is 659. The largest absolute Gasteiger partial charge is 0.409 e. The molecule has 3 N–H and O–H groups in total. The summed E-state index contributed by atoms with van der Waals surface area (Å²) in [7, 11) is 0. The van der Waals surface area contributed by atoms with Crippen molar-refractivity contribution in [2.24, 2.45) is 10.9 Å². The zero-order valence-electron chi connectivity index (χ0n) is 10.0. The van der Waals surface area contributed by atoms with Gasteiger partial charge in [0, 0.05) is 23.2 Å². The summed E-state index contributed by atoms with van der Waals surface area (Å²) in [6.45, 7) is 0. The monoisotopic (exact) mass is 291 g/mol. The van der Waals surface area contributed by atoms with Gasteiger partial charge in [0.2, 0.25) is 0 Å². The molecule has 0 unspecified atom stereocenters. The van der Waals surface area contributed by atoms with Crippen molar-refractivity contribution in [2.45, 2.75) is 10.1 Å². The van der Waals surface area contributed by atoms with Crippen molar-refractivity contribution in [3.05, 3.63) is 52.3 Å². The number of aromatic nitrogens is 2. The molecular weight excluding hydrogens is 282 g/mol. The molecule has 2 rings (SSSR count). The zero-order chi connectivity index (χ0) is 14.5. The fraction of sp³-hybridized carbons (Fsp3) is 0. The predicted octanol–water partition coefficient (Wildman–Crippen LogP) is 1.63. The molecule has 0 saturated heterocycles. The molecule has 0 amide bonds. The summed E-state index contributed by atoms with van der Waals surface area (Å²) in [5.74, 6) is -0.113. The quantitative estimate of drug-likeness (QED) is 0.219. The van der Waals surface area contributed by atoms with Crippen molar-refractivity contribution in [1.29, 1.82) is 0 Å². The lowest BCUT2D eigenvalue weighted by Gasteiger charge is -2.02. The topological polar surface area (TPSA) is 128 Å². The van der Waals surface area contributed by atoms with Crippen molar-refractivity contribution < 1.29 is 10.1 Å². The average molecular weight is 291 g/mol. The van der Waals surface area contributed by atoms with Gasteiger partial charge in [-0.25, -0.2) is 9.97 Å². The molecule has 0 aliphatic heterocycles. The number of nitrogens with zero attached hydrogens (tertiary/aromatic N) is 4. The van der Waals surface area contributed by atoms with E-state index in [1.54, 1.807) is 12.1 Å². The molecule has 0 atom stereocenters. The van der Waals surface area contributed by atoms with Crippen molar-refractivity contribution in [3.8, 4) is 0 Å². The molecule has 0 spiro atoms. The van der Waals surface area contributed by atoms with Crippen LogP contribution in [0.5, 0.6) is 0 Å². The van der Waals surface area contributed by atoms with Gasteiger partial charge in [-0.05, 0) is 30.0 Å². The molecule has 0 radical (unpaired) electrons. The summed E-state index contributed by atoms with van der Waals surface area (Å²) in [5, 5.41) is 22.4. The molecule has 9 heteroatoms. The highest BCUT2D eigenvalue weighted by Gasteiger charge is 2.08. The van der Waals surface area contributed by atoms with E-state index in [-0.39, 0.29) is 11.5 Å². The van der Waals surface area contributed by atoms with Gasteiger partial charge < -0.3 is 10.9 Å². The SMILES string of the molecule is N/C(=N/O)c1ccnc(Sc2ccc([N+](=O)[O-])cc2)n1. The van der Waals surface area contributed by atoms with E-state index in [0.29, 0.717) is 10.9 Å².